The summed E-state index contributed by atoms with van der Waals surface area (Å²) in [5.41, 5.74) is 5.23. The van der Waals surface area contributed by atoms with E-state index in [4.69, 9.17) is 10.5 Å². The Labute approximate surface area is 65.4 Å². The van der Waals surface area contributed by atoms with Gasteiger partial charge in [-0.05, 0) is 6.07 Å². The van der Waals surface area contributed by atoms with Gasteiger partial charge in [0.1, 0.15) is 6.61 Å². The van der Waals surface area contributed by atoms with Gasteiger partial charge in [0.2, 0.25) is 0 Å². The van der Waals surface area contributed by atoms with Crippen LogP contribution in [0.4, 0.5) is 0 Å². The molecule has 11 heavy (non-hydrogen) atoms. The molecule has 1 rings (SSSR count). The quantitative estimate of drug-likeness (QED) is 0.616. The first-order valence-electron chi connectivity index (χ1n) is 3.47. The highest BCUT2D eigenvalue weighted by atomic mass is 16.5. The van der Waals surface area contributed by atoms with E-state index in [1.165, 1.54) is 0 Å². The van der Waals surface area contributed by atoms with Crippen LogP contribution >= 0.6 is 0 Å². The zero-order valence-electron chi connectivity index (χ0n) is 6.23. The van der Waals surface area contributed by atoms with Crippen molar-refractivity contribution in [2.45, 2.75) is 6.61 Å². The molecule has 1 aromatic rings. The summed E-state index contributed by atoms with van der Waals surface area (Å²) in [4.78, 5) is 7.95. The summed E-state index contributed by atoms with van der Waals surface area (Å²) in [6.07, 6.45) is 3.38. The maximum atomic E-state index is 5.23. The van der Waals surface area contributed by atoms with Gasteiger partial charge in [-0.1, -0.05) is 0 Å². The van der Waals surface area contributed by atoms with Gasteiger partial charge in [0.05, 0.1) is 6.61 Å². The van der Waals surface area contributed by atoms with E-state index >= 15 is 0 Å². The normalized spacial score (nSPS) is 9.91. The average Bonchev–Trinajstić information content (AvgIpc) is 2.07. The molecule has 1 heterocycles. The monoisotopic (exact) mass is 153 g/mol. The van der Waals surface area contributed by atoms with Gasteiger partial charge >= 0.3 is 0 Å². The van der Waals surface area contributed by atoms with E-state index in [2.05, 4.69) is 9.97 Å². The van der Waals surface area contributed by atoms with Crippen LogP contribution in [0.2, 0.25) is 0 Å². The van der Waals surface area contributed by atoms with Gasteiger partial charge in [0.25, 0.3) is 0 Å². The van der Waals surface area contributed by atoms with Crippen LogP contribution in [0.15, 0.2) is 18.5 Å². The van der Waals surface area contributed by atoms with Crippen LogP contribution in [0.1, 0.15) is 5.82 Å². The molecule has 0 bridgehead atoms. The molecule has 0 atom stereocenters. The van der Waals surface area contributed by atoms with Gasteiger partial charge in [-0.15, -0.1) is 0 Å². The lowest BCUT2D eigenvalue weighted by Gasteiger charge is -1.99. The first-order chi connectivity index (χ1) is 5.43. The highest BCUT2D eigenvalue weighted by molar-refractivity contribution is 4.86. The minimum Gasteiger partial charge on any atom is -0.372 e. The Hall–Kier alpha value is -1.00. The molecule has 0 radical (unpaired) electrons. The van der Waals surface area contributed by atoms with Crippen LogP contribution in [-0.4, -0.2) is 23.1 Å². The summed E-state index contributed by atoms with van der Waals surface area (Å²) in [5, 5.41) is 0. The first kappa shape index (κ1) is 8.10. The minimum absolute atomic E-state index is 0.443. The molecule has 0 aliphatic carbocycles. The fourth-order valence-electron chi connectivity index (χ4n) is 0.651. The maximum absolute atomic E-state index is 5.23. The molecular weight excluding hydrogens is 142 g/mol. The van der Waals surface area contributed by atoms with Crippen molar-refractivity contribution < 1.29 is 4.74 Å². The molecule has 0 amide bonds. The summed E-state index contributed by atoms with van der Waals surface area (Å²) < 4.78 is 5.12. The van der Waals surface area contributed by atoms with E-state index < -0.39 is 0 Å². The molecule has 0 unspecified atom stereocenters. The predicted molar refractivity (Wildman–Crippen MR) is 40.7 cm³/mol. The van der Waals surface area contributed by atoms with Crippen molar-refractivity contribution in [3.05, 3.63) is 24.3 Å². The lowest BCUT2D eigenvalue weighted by Crippen LogP contribution is -2.09. The first-order valence-corrected chi connectivity index (χ1v) is 3.47. The van der Waals surface area contributed by atoms with Gasteiger partial charge in [-0.2, -0.15) is 0 Å². The fourth-order valence-corrected chi connectivity index (χ4v) is 0.651. The van der Waals surface area contributed by atoms with Crippen LogP contribution in [0.3, 0.4) is 0 Å². The number of ether oxygens (including phenoxy) is 1. The molecule has 0 aliphatic rings. The van der Waals surface area contributed by atoms with Crippen molar-refractivity contribution in [1.82, 2.24) is 9.97 Å². The summed E-state index contributed by atoms with van der Waals surface area (Å²) in [6.45, 7) is 1.53. The molecule has 0 saturated carbocycles. The molecular formula is C7H11N3O. The van der Waals surface area contributed by atoms with Crippen molar-refractivity contribution in [3.8, 4) is 0 Å². The van der Waals surface area contributed by atoms with Crippen molar-refractivity contribution in [3.63, 3.8) is 0 Å². The van der Waals surface area contributed by atoms with Crippen molar-refractivity contribution in [2.24, 2.45) is 5.73 Å². The van der Waals surface area contributed by atoms with Crippen LogP contribution < -0.4 is 5.73 Å². The molecule has 0 aromatic carbocycles. The average molecular weight is 153 g/mol. The molecule has 1 aromatic heterocycles. The van der Waals surface area contributed by atoms with E-state index in [1.54, 1.807) is 18.5 Å². The Kier molecular flexibility index (Phi) is 3.51. The summed E-state index contributed by atoms with van der Waals surface area (Å²) >= 11 is 0. The van der Waals surface area contributed by atoms with Crippen LogP contribution in [0.25, 0.3) is 0 Å². The topological polar surface area (TPSA) is 61.0 Å². The third kappa shape index (κ3) is 3.06. The number of hydrogen-bond donors (Lipinski definition) is 1. The summed E-state index contributed by atoms with van der Waals surface area (Å²) in [7, 11) is 0. The second kappa shape index (κ2) is 4.76. The highest BCUT2D eigenvalue weighted by Crippen LogP contribution is 1.89. The van der Waals surface area contributed by atoms with E-state index in [0.717, 1.165) is 0 Å². The molecule has 4 nitrogen and oxygen atoms in total. The Bertz CT molecular complexity index is 190. The number of hydrogen-bond acceptors (Lipinski definition) is 4. The molecule has 0 fully saturated rings. The van der Waals surface area contributed by atoms with Gasteiger partial charge < -0.3 is 10.5 Å². The van der Waals surface area contributed by atoms with Crippen LogP contribution in [0, 0.1) is 0 Å². The second-order valence-corrected chi connectivity index (χ2v) is 2.01. The van der Waals surface area contributed by atoms with Gasteiger partial charge in [-0.3, -0.25) is 0 Å². The maximum Gasteiger partial charge on any atom is 0.153 e. The second-order valence-electron chi connectivity index (χ2n) is 2.01. The SMILES string of the molecule is NCCOCc1ncccn1. The van der Waals surface area contributed by atoms with Crippen LogP contribution in [0.5, 0.6) is 0 Å². The zero-order valence-corrected chi connectivity index (χ0v) is 6.23. The van der Waals surface area contributed by atoms with Gasteiger partial charge in [0, 0.05) is 18.9 Å². The molecule has 2 N–H and O–H groups in total. The van der Waals surface area contributed by atoms with E-state index in [-0.39, 0.29) is 0 Å². The largest absolute Gasteiger partial charge is 0.372 e. The highest BCUT2D eigenvalue weighted by Gasteiger charge is 1.91. The Morgan fingerprint density at radius 2 is 2.09 bits per heavy atom. The number of nitrogens with two attached hydrogens (primary N) is 1. The van der Waals surface area contributed by atoms with E-state index in [1.807, 2.05) is 0 Å². The number of rotatable bonds is 4. The van der Waals surface area contributed by atoms with Crippen molar-refractivity contribution >= 4 is 0 Å². The molecule has 60 valence electrons. The van der Waals surface area contributed by atoms with Crippen LogP contribution in [-0.2, 0) is 11.3 Å². The van der Waals surface area contributed by atoms with Gasteiger partial charge in [0.15, 0.2) is 5.82 Å². The zero-order chi connectivity index (χ0) is 7.94. The number of nitrogens with zero attached hydrogens (tertiary/aromatic N) is 2. The summed E-state index contributed by atoms with van der Waals surface area (Å²) in [6, 6.07) is 1.77. The lowest BCUT2D eigenvalue weighted by molar-refractivity contribution is 0.122. The van der Waals surface area contributed by atoms with Crippen molar-refractivity contribution in [2.75, 3.05) is 13.2 Å². The standard InChI is InChI=1S/C7H11N3O/c8-2-5-11-6-7-9-3-1-4-10-7/h1,3-4H,2,5-6,8H2. The van der Waals surface area contributed by atoms with E-state index in [9.17, 15) is 0 Å². The Balaban J connectivity index is 2.28. The Morgan fingerprint density at radius 3 is 2.73 bits per heavy atom. The number of aromatic nitrogens is 2. The molecule has 4 heteroatoms. The third-order valence-electron chi connectivity index (χ3n) is 1.11. The van der Waals surface area contributed by atoms with E-state index in [0.29, 0.717) is 25.6 Å². The summed E-state index contributed by atoms with van der Waals surface area (Å²) in [5.74, 6) is 0.695. The molecule has 0 saturated heterocycles. The minimum atomic E-state index is 0.443. The molecule has 0 spiro atoms. The molecule has 0 aliphatic heterocycles. The predicted octanol–water partition coefficient (Wildman–Crippen LogP) is -0.0481. The fraction of sp³-hybridized carbons (Fsp3) is 0.429. The third-order valence-corrected chi connectivity index (χ3v) is 1.11. The smallest absolute Gasteiger partial charge is 0.153 e. The van der Waals surface area contributed by atoms with Gasteiger partial charge in [-0.25, -0.2) is 9.97 Å². The Morgan fingerprint density at radius 1 is 1.36 bits per heavy atom. The van der Waals surface area contributed by atoms with Crippen molar-refractivity contribution in [1.29, 1.82) is 0 Å². The lowest BCUT2D eigenvalue weighted by atomic mass is 10.6.